The molecule has 5 nitrogen and oxygen atoms in total. The molecule has 2 rings (SSSR count). The van der Waals surface area contributed by atoms with Crippen LogP contribution in [0, 0.1) is 16.0 Å². The summed E-state index contributed by atoms with van der Waals surface area (Å²) in [5.41, 5.74) is 0.812. The number of allylic oxidation sites excluding steroid dienone is 3. The molecule has 1 atom stereocenters. The second-order valence-corrected chi connectivity index (χ2v) is 11.7. The summed E-state index contributed by atoms with van der Waals surface area (Å²) in [6.45, 7) is 11.4. The number of hydrogen-bond donors (Lipinski definition) is 1. The maximum atomic E-state index is 11.3. The fourth-order valence-corrected chi connectivity index (χ4v) is 3.99. The van der Waals surface area contributed by atoms with Gasteiger partial charge < -0.3 is 10.1 Å². The molecule has 0 aromatic carbocycles. The summed E-state index contributed by atoms with van der Waals surface area (Å²) in [5, 5.41) is 15.7. The molecule has 1 saturated heterocycles. The van der Waals surface area contributed by atoms with E-state index in [-0.39, 0.29) is 16.7 Å². The number of ether oxygens (including phenoxy) is 1. The lowest BCUT2D eigenvalue weighted by atomic mass is 10.1. The number of nitro groups is 1. The van der Waals surface area contributed by atoms with Crippen LogP contribution >= 0.6 is 0 Å². The van der Waals surface area contributed by atoms with E-state index in [4.69, 9.17) is 4.74 Å². The molecule has 6 heteroatoms. The Morgan fingerprint density at radius 3 is 2.50 bits per heavy atom. The summed E-state index contributed by atoms with van der Waals surface area (Å²) < 4.78 is 5.72. The van der Waals surface area contributed by atoms with Crippen LogP contribution in [0.15, 0.2) is 34.5 Å². The van der Waals surface area contributed by atoms with Gasteiger partial charge in [0.05, 0.1) is 19.0 Å². The molecule has 1 N–H and O–H groups in total. The van der Waals surface area contributed by atoms with Crippen LogP contribution in [0.4, 0.5) is 0 Å². The zero-order valence-corrected chi connectivity index (χ0v) is 13.7. The summed E-state index contributed by atoms with van der Waals surface area (Å²) in [5.74, 6) is 1.01. The molecule has 0 unspecified atom stereocenters. The van der Waals surface area contributed by atoms with Crippen LogP contribution in [0.1, 0.15) is 13.8 Å². The Labute approximate surface area is 120 Å². The van der Waals surface area contributed by atoms with Crippen LogP contribution < -0.4 is 5.32 Å². The fourth-order valence-electron chi connectivity index (χ4n) is 2.41. The minimum Gasteiger partial charge on any atom is -0.476 e. The maximum Gasteiger partial charge on any atom is 0.281 e. The molecule has 0 amide bonds. The maximum absolute atomic E-state index is 11.3. The molecule has 0 bridgehead atoms. The van der Waals surface area contributed by atoms with Crippen molar-refractivity contribution in [1.29, 1.82) is 0 Å². The highest BCUT2D eigenvalue weighted by Gasteiger charge is 2.38. The summed E-state index contributed by atoms with van der Waals surface area (Å²) in [7, 11) is -1.66. The van der Waals surface area contributed by atoms with Crippen LogP contribution in [0.25, 0.3) is 0 Å². The molecule has 1 fully saturated rings. The van der Waals surface area contributed by atoms with Gasteiger partial charge in [0.2, 0.25) is 5.88 Å². The van der Waals surface area contributed by atoms with Crippen molar-refractivity contribution in [1.82, 2.24) is 5.32 Å². The summed E-state index contributed by atoms with van der Waals surface area (Å²) >= 11 is 0. The van der Waals surface area contributed by atoms with Gasteiger partial charge in [0.25, 0.3) is 5.70 Å². The molecule has 0 aromatic heterocycles. The third kappa shape index (κ3) is 2.65. The van der Waals surface area contributed by atoms with E-state index in [0.717, 1.165) is 5.20 Å². The van der Waals surface area contributed by atoms with Gasteiger partial charge in [-0.3, -0.25) is 10.1 Å². The monoisotopic (exact) mass is 294 g/mol. The van der Waals surface area contributed by atoms with Gasteiger partial charge in [0.15, 0.2) is 0 Å². The fraction of sp³-hybridized carbons (Fsp3) is 0.571. The smallest absolute Gasteiger partial charge is 0.281 e. The van der Waals surface area contributed by atoms with E-state index in [0.29, 0.717) is 24.0 Å². The number of nitrogens with zero attached hydrogens (tertiary/aromatic N) is 1. The van der Waals surface area contributed by atoms with E-state index in [1.54, 1.807) is 6.08 Å². The topological polar surface area (TPSA) is 64.4 Å². The molecule has 0 radical (unpaired) electrons. The van der Waals surface area contributed by atoms with Gasteiger partial charge in [0.1, 0.15) is 12.2 Å². The van der Waals surface area contributed by atoms with E-state index in [9.17, 15) is 10.1 Å². The average Bonchev–Trinajstić information content (AvgIpc) is 2.94. The van der Waals surface area contributed by atoms with Crippen LogP contribution in [0.5, 0.6) is 0 Å². The Morgan fingerprint density at radius 1 is 1.40 bits per heavy atom. The van der Waals surface area contributed by atoms with Crippen LogP contribution in [-0.4, -0.2) is 25.6 Å². The Kier molecular flexibility index (Phi) is 3.77. The minimum atomic E-state index is -1.66. The summed E-state index contributed by atoms with van der Waals surface area (Å²) in [4.78, 5) is 10.9. The molecule has 110 valence electrons. The molecular formula is C14H22N2O3Si. The van der Waals surface area contributed by atoms with Crippen LogP contribution in [0.2, 0.25) is 19.6 Å². The molecule has 1 aliphatic heterocycles. The van der Waals surface area contributed by atoms with Gasteiger partial charge in [-0.15, -0.1) is 0 Å². The van der Waals surface area contributed by atoms with Gasteiger partial charge in [-0.1, -0.05) is 39.6 Å². The molecule has 1 heterocycles. The lowest BCUT2D eigenvalue weighted by molar-refractivity contribution is -0.420. The predicted octanol–water partition coefficient (Wildman–Crippen LogP) is 2.82. The summed E-state index contributed by atoms with van der Waals surface area (Å²) in [6, 6.07) is 0.217. The molecule has 2 aliphatic rings. The summed E-state index contributed by atoms with van der Waals surface area (Å²) in [6.07, 6.45) is 3.49. The van der Waals surface area contributed by atoms with Gasteiger partial charge >= 0.3 is 0 Å². The Morgan fingerprint density at radius 2 is 2.05 bits per heavy atom. The van der Waals surface area contributed by atoms with Crippen molar-refractivity contribution in [2.24, 2.45) is 5.92 Å². The number of hydrogen-bond acceptors (Lipinski definition) is 4. The van der Waals surface area contributed by atoms with Crippen LogP contribution in [0.3, 0.4) is 0 Å². The Hall–Kier alpha value is -1.56. The highest BCUT2D eigenvalue weighted by Crippen LogP contribution is 2.36. The first-order valence-corrected chi connectivity index (χ1v) is 10.4. The van der Waals surface area contributed by atoms with Gasteiger partial charge in [0, 0.05) is 6.08 Å². The normalized spacial score (nSPS) is 26.2. The van der Waals surface area contributed by atoms with Crippen molar-refractivity contribution < 1.29 is 9.66 Å². The van der Waals surface area contributed by atoms with Gasteiger partial charge in [-0.2, -0.15) is 0 Å². The Balaban J connectivity index is 2.41. The number of rotatable bonds is 3. The van der Waals surface area contributed by atoms with Crippen molar-refractivity contribution in [3.63, 3.8) is 0 Å². The number of nitrogens with one attached hydrogen (secondary N) is 1. The third-order valence-electron chi connectivity index (χ3n) is 3.69. The van der Waals surface area contributed by atoms with E-state index in [1.165, 1.54) is 0 Å². The van der Waals surface area contributed by atoms with E-state index >= 15 is 0 Å². The highest BCUT2D eigenvalue weighted by molar-refractivity contribution is 6.84. The quantitative estimate of drug-likeness (QED) is 0.494. The van der Waals surface area contributed by atoms with Crippen molar-refractivity contribution in [2.45, 2.75) is 39.5 Å². The van der Waals surface area contributed by atoms with Crippen molar-refractivity contribution in [3.05, 3.63) is 44.6 Å². The average molecular weight is 294 g/mol. The van der Waals surface area contributed by atoms with E-state index in [1.807, 2.05) is 6.08 Å². The van der Waals surface area contributed by atoms with E-state index < -0.39 is 8.07 Å². The first-order valence-electron chi connectivity index (χ1n) is 6.93. The zero-order valence-electron chi connectivity index (χ0n) is 12.7. The minimum absolute atomic E-state index is 0.148. The molecular weight excluding hydrogens is 272 g/mol. The Bertz CT molecular complexity index is 527. The second-order valence-electron chi connectivity index (χ2n) is 6.65. The molecule has 0 saturated carbocycles. The molecule has 20 heavy (non-hydrogen) atoms. The zero-order chi connectivity index (χ0) is 15.1. The molecule has 0 aromatic rings. The third-order valence-corrected chi connectivity index (χ3v) is 5.73. The predicted molar refractivity (Wildman–Crippen MR) is 81.2 cm³/mol. The molecule has 1 aliphatic carbocycles. The lowest BCUT2D eigenvalue weighted by Crippen LogP contribution is -2.31. The van der Waals surface area contributed by atoms with Crippen molar-refractivity contribution >= 4 is 8.07 Å². The van der Waals surface area contributed by atoms with Crippen LogP contribution in [-0.2, 0) is 4.74 Å². The standard InChI is InChI=1S/C14H22N2O3Si/c1-9(2)10-8-19-14(15-10)13-11(16(17)18)6-7-12(13)20(3,4)5/h6-7,9-10,15H,8H2,1-5H3/b14-13+/t10-/m0/s1. The SMILES string of the molecule is CC(C)[C@@H]1CO/C(=C2\C([N+](=O)[O-])=CC=C2[Si](C)(C)C)N1. The van der Waals surface area contributed by atoms with Crippen molar-refractivity contribution in [2.75, 3.05) is 6.61 Å². The lowest BCUT2D eigenvalue weighted by Gasteiger charge is -2.20. The van der Waals surface area contributed by atoms with Crippen molar-refractivity contribution in [3.8, 4) is 0 Å². The van der Waals surface area contributed by atoms with Gasteiger partial charge in [-0.05, 0) is 11.1 Å². The van der Waals surface area contributed by atoms with E-state index in [2.05, 4.69) is 38.8 Å². The first-order chi connectivity index (χ1) is 9.21. The van der Waals surface area contributed by atoms with Gasteiger partial charge in [-0.25, -0.2) is 0 Å². The highest BCUT2D eigenvalue weighted by atomic mass is 28.3. The molecule has 0 spiro atoms. The second kappa shape index (κ2) is 5.09. The first kappa shape index (κ1) is 14.8. The largest absolute Gasteiger partial charge is 0.476 e.